The highest BCUT2D eigenvalue weighted by Gasteiger charge is 2.32. The molecule has 36 heavy (non-hydrogen) atoms. The van der Waals surface area contributed by atoms with Crippen LogP contribution in [-0.4, -0.2) is 6.36 Å². The van der Waals surface area contributed by atoms with Crippen molar-refractivity contribution >= 4 is 23.2 Å². The van der Waals surface area contributed by atoms with Crippen LogP contribution >= 0.6 is 23.2 Å². The second-order valence-corrected chi connectivity index (χ2v) is 10.9. The number of hydrogen-bond donors (Lipinski definition) is 0. The fraction of sp³-hybridized carbons (Fsp3) is 0.400. The van der Waals surface area contributed by atoms with Crippen LogP contribution < -0.4 is 4.74 Å². The molecule has 1 nitrogen and oxygen atoms in total. The Morgan fingerprint density at radius 2 is 1.50 bits per heavy atom. The number of ether oxygens (including phenoxy) is 1. The highest BCUT2D eigenvalue weighted by Crippen LogP contribution is 2.36. The number of halogens is 5. The Morgan fingerprint density at radius 3 is 2.14 bits per heavy atom. The average Bonchev–Trinajstić information content (AvgIpc) is 2.77. The molecule has 0 radical (unpaired) electrons. The van der Waals surface area contributed by atoms with Gasteiger partial charge in [0.25, 0.3) is 0 Å². The van der Waals surface area contributed by atoms with E-state index in [1.165, 1.54) is 28.3 Å². The largest absolute Gasteiger partial charge is 0.573 e. The molecule has 2 atom stereocenters. The molecule has 0 amide bonds. The van der Waals surface area contributed by atoms with Crippen molar-refractivity contribution in [2.24, 2.45) is 0 Å². The lowest BCUT2D eigenvalue weighted by Crippen LogP contribution is -2.18. The van der Waals surface area contributed by atoms with E-state index in [1.54, 1.807) is 12.1 Å². The Morgan fingerprint density at radius 1 is 0.806 bits per heavy atom. The molecular formula is C30H33Cl2F3O. The maximum absolute atomic E-state index is 12.8. The van der Waals surface area contributed by atoms with Crippen molar-refractivity contribution < 1.29 is 17.9 Å². The molecule has 3 aromatic carbocycles. The quantitative estimate of drug-likeness (QED) is 0.278. The zero-order chi connectivity index (χ0) is 26.8. The molecule has 3 aromatic rings. The first-order valence-corrected chi connectivity index (χ1v) is 12.9. The molecule has 0 aliphatic heterocycles. The van der Waals surface area contributed by atoms with Crippen molar-refractivity contribution in [3.05, 3.63) is 97.5 Å². The fourth-order valence-electron chi connectivity index (χ4n) is 5.07. The van der Waals surface area contributed by atoms with E-state index in [1.807, 2.05) is 32.0 Å². The SMILES string of the molecule is Cc1ccc(CC(C)c2cc(Cl)ccc2Cl)c(C)c1C(C)Cc1ccc(OC(F)(F)F)c(C(C)C)c1. The first-order valence-electron chi connectivity index (χ1n) is 12.2. The zero-order valence-corrected chi connectivity index (χ0v) is 23.1. The van der Waals surface area contributed by atoms with Crippen molar-refractivity contribution in [2.45, 2.75) is 78.5 Å². The van der Waals surface area contributed by atoms with E-state index >= 15 is 0 Å². The summed E-state index contributed by atoms with van der Waals surface area (Å²) in [6.45, 7) is 12.3. The smallest absolute Gasteiger partial charge is 0.405 e. The minimum Gasteiger partial charge on any atom is -0.405 e. The van der Waals surface area contributed by atoms with Crippen molar-refractivity contribution in [3.63, 3.8) is 0 Å². The normalized spacial score (nSPS) is 13.7. The van der Waals surface area contributed by atoms with E-state index in [0.29, 0.717) is 22.0 Å². The highest BCUT2D eigenvalue weighted by atomic mass is 35.5. The van der Waals surface area contributed by atoms with Gasteiger partial charge < -0.3 is 4.74 Å². The molecule has 0 aromatic heterocycles. The van der Waals surface area contributed by atoms with E-state index in [-0.39, 0.29) is 23.5 Å². The summed E-state index contributed by atoms with van der Waals surface area (Å²) in [4.78, 5) is 0. The van der Waals surface area contributed by atoms with Gasteiger partial charge in [-0.1, -0.05) is 75.2 Å². The van der Waals surface area contributed by atoms with Crippen LogP contribution in [0.25, 0.3) is 0 Å². The summed E-state index contributed by atoms with van der Waals surface area (Å²) in [6.07, 6.45) is -3.17. The topological polar surface area (TPSA) is 9.23 Å². The molecule has 0 fully saturated rings. The lowest BCUT2D eigenvalue weighted by atomic mass is 9.82. The Bertz CT molecular complexity index is 1220. The van der Waals surface area contributed by atoms with Crippen LogP contribution in [0.3, 0.4) is 0 Å². The van der Waals surface area contributed by atoms with Gasteiger partial charge in [-0.15, -0.1) is 13.2 Å². The Labute approximate surface area is 222 Å². The van der Waals surface area contributed by atoms with Crippen molar-refractivity contribution in [3.8, 4) is 5.75 Å². The molecule has 0 aliphatic carbocycles. The molecule has 6 heteroatoms. The number of hydrogen-bond acceptors (Lipinski definition) is 1. The van der Waals surface area contributed by atoms with Crippen LogP contribution in [0.4, 0.5) is 13.2 Å². The second-order valence-electron chi connectivity index (χ2n) is 10.0. The summed E-state index contributed by atoms with van der Waals surface area (Å²) < 4.78 is 42.8. The maximum atomic E-state index is 12.8. The minimum atomic E-state index is -4.71. The molecule has 3 rings (SSSR count). The van der Waals surface area contributed by atoms with Crippen LogP contribution in [0.15, 0.2) is 48.5 Å². The van der Waals surface area contributed by atoms with Gasteiger partial charge in [0.2, 0.25) is 0 Å². The van der Waals surface area contributed by atoms with Crippen molar-refractivity contribution in [1.82, 2.24) is 0 Å². The van der Waals surface area contributed by atoms with E-state index in [2.05, 4.69) is 44.6 Å². The van der Waals surface area contributed by atoms with Gasteiger partial charge in [-0.2, -0.15) is 0 Å². The van der Waals surface area contributed by atoms with Crippen molar-refractivity contribution in [2.75, 3.05) is 0 Å². The van der Waals surface area contributed by atoms with Crippen LogP contribution in [0, 0.1) is 13.8 Å². The standard InChI is InChI=1S/C30H33Cl2F3O/c1-17(2)25-15-22(8-12-28(25)36-30(33,34)35)13-20(5)29-18(3)7-9-23(21(29)6)14-19(4)26-16-24(31)10-11-27(26)32/h7-12,15-17,19-20H,13-14H2,1-6H3. The summed E-state index contributed by atoms with van der Waals surface area (Å²) in [7, 11) is 0. The number of rotatable bonds is 8. The summed E-state index contributed by atoms with van der Waals surface area (Å²) in [5, 5.41) is 1.38. The summed E-state index contributed by atoms with van der Waals surface area (Å²) in [5.74, 6) is 0.154. The van der Waals surface area contributed by atoms with Crippen LogP contribution in [0.5, 0.6) is 5.75 Å². The second kappa shape index (κ2) is 11.5. The van der Waals surface area contributed by atoms with Gasteiger partial charge in [0.15, 0.2) is 0 Å². The Kier molecular flexibility index (Phi) is 9.06. The van der Waals surface area contributed by atoms with E-state index in [9.17, 15) is 13.2 Å². The maximum Gasteiger partial charge on any atom is 0.573 e. The minimum absolute atomic E-state index is 0.0933. The van der Waals surface area contributed by atoms with Gasteiger partial charge in [0, 0.05) is 10.0 Å². The molecule has 0 saturated heterocycles. The van der Waals surface area contributed by atoms with Crippen molar-refractivity contribution in [1.29, 1.82) is 0 Å². The fourth-order valence-corrected chi connectivity index (χ4v) is 5.55. The van der Waals surface area contributed by atoms with Crippen LogP contribution in [0.2, 0.25) is 10.0 Å². The van der Waals surface area contributed by atoms with Gasteiger partial charge >= 0.3 is 6.36 Å². The summed E-state index contributed by atoms with van der Waals surface area (Å²) in [5.41, 5.74) is 7.56. The molecule has 0 spiro atoms. The molecule has 0 heterocycles. The lowest BCUT2D eigenvalue weighted by molar-refractivity contribution is -0.274. The highest BCUT2D eigenvalue weighted by molar-refractivity contribution is 6.33. The zero-order valence-electron chi connectivity index (χ0n) is 21.6. The summed E-state index contributed by atoms with van der Waals surface area (Å²) >= 11 is 12.7. The van der Waals surface area contributed by atoms with E-state index < -0.39 is 6.36 Å². The molecule has 0 bridgehead atoms. The lowest BCUT2D eigenvalue weighted by Gasteiger charge is -2.23. The average molecular weight is 537 g/mol. The predicted octanol–water partition coefficient (Wildman–Crippen LogP) is 10.3. The number of benzene rings is 3. The summed E-state index contributed by atoms with van der Waals surface area (Å²) in [6, 6.07) is 14.9. The molecule has 194 valence electrons. The van der Waals surface area contributed by atoms with Crippen LogP contribution in [0.1, 0.15) is 84.4 Å². The molecular weight excluding hydrogens is 504 g/mol. The Hall–Kier alpha value is -2.17. The number of alkyl halides is 3. The first-order chi connectivity index (χ1) is 16.8. The molecule has 0 N–H and O–H groups in total. The first kappa shape index (κ1) is 28.4. The third-order valence-corrected chi connectivity index (χ3v) is 7.40. The third kappa shape index (κ3) is 6.98. The Balaban J connectivity index is 1.87. The molecule has 0 saturated carbocycles. The molecule has 0 aliphatic rings. The van der Waals surface area contributed by atoms with E-state index in [0.717, 1.165) is 17.5 Å². The molecule has 2 unspecified atom stereocenters. The predicted molar refractivity (Wildman–Crippen MR) is 144 cm³/mol. The van der Waals surface area contributed by atoms with Gasteiger partial charge in [-0.05, 0) is 108 Å². The number of aryl methyl sites for hydroxylation is 1. The third-order valence-electron chi connectivity index (χ3n) is 6.82. The van der Waals surface area contributed by atoms with Gasteiger partial charge in [0.05, 0.1) is 0 Å². The van der Waals surface area contributed by atoms with Gasteiger partial charge in [-0.25, -0.2) is 0 Å². The van der Waals surface area contributed by atoms with Gasteiger partial charge in [0.1, 0.15) is 5.75 Å². The monoisotopic (exact) mass is 536 g/mol. The van der Waals surface area contributed by atoms with Crippen LogP contribution in [-0.2, 0) is 12.8 Å². The van der Waals surface area contributed by atoms with E-state index in [4.69, 9.17) is 23.2 Å². The van der Waals surface area contributed by atoms with Gasteiger partial charge in [-0.3, -0.25) is 0 Å².